The maximum atomic E-state index is 13.7. The van der Waals surface area contributed by atoms with Gasteiger partial charge in [0.2, 0.25) is 0 Å². The van der Waals surface area contributed by atoms with Crippen LogP contribution in [0.4, 0.5) is 11.4 Å². The van der Waals surface area contributed by atoms with E-state index in [9.17, 15) is 9.59 Å². The molecule has 0 aliphatic heterocycles. The van der Waals surface area contributed by atoms with Gasteiger partial charge < -0.3 is 24.9 Å². The number of carbonyl (C=O) groups excluding carboxylic acids is 2. The molecule has 1 aliphatic rings. The normalized spacial score (nSPS) is 13.1. The van der Waals surface area contributed by atoms with Gasteiger partial charge in [-0.05, 0) is 41.2 Å². The number of fused-ring (bicyclic) bond motifs is 3. The van der Waals surface area contributed by atoms with E-state index >= 15 is 0 Å². The number of rotatable bonds is 8. The summed E-state index contributed by atoms with van der Waals surface area (Å²) in [5, 5.41) is 7.65. The number of nitrogens with one attached hydrogen (secondary N) is 2. The fraction of sp³-hybridized carbons (Fsp3) is 0.360. The summed E-state index contributed by atoms with van der Waals surface area (Å²) in [6.07, 6.45) is 0. The molecule has 1 aromatic heterocycles. The van der Waals surface area contributed by atoms with Gasteiger partial charge in [0, 0.05) is 42.7 Å². The Morgan fingerprint density at radius 1 is 0.812 bits per heavy atom. The number of carbonyl (C=O) groups is 2. The summed E-state index contributed by atoms with van der Waals surface area (Å²) in [4.78, 5) is 31.5. The molecule has 0 fully saturated rings. The predicted molar refractivity (Wildman–Crippen MR) is 128 cm³/mol. The van der Waals surface area contributed by atoms with Crippen molar-refractivity contribution in [1.82, 2.24) is 9.80 Å². The van der Waals surface area contributed by atoms with Crippen LogP contribution in [0.5, 0.6) is 0 Å². The van der Waals surface area contributed by atoms with E-state index in [4.69, 9.17) is 4.42 Å². The second-order valence-corrected chi connectivity index (χ2v) is 8.76. The maximum absolute atomic E-state index is 13.7. The van der Waals surface area contributed by atoms with Crippen LogP contribution < -0.4 is 10.6 Å². The first-order valence-corrected chi connectivity index (χ1v) is 10.8. The van der Waals surface area contributed by atoms with Crippen LogP contribution in [-0.4, -0.2) is 75.7 Å². The zero-order valence-corrected chi connectivity index (χ0v) is 19.3. The SMILES string of the molecule is Cc1cc2c(NCCN(C)C)c3c(c(NCCN(C)C)c2o1)C(=O)c1ccccc1C3=O. The van der Waals surface area contributed by atoms with Gasteiger partial charge in [0.15, 0.2) is 17.1 Å². The smallest absolute Gasteiger partial charge is 0.196 e. The molecule has 0 saturated carbocycles. The van der Waals surface area contributed by atoms with E-state index in [1.165, 1.54) is 0 Å². The summed E-state index contributed by atoms with van der Waals surface area (Å²) >= 11 is 0. The number of benzene rings is 2. The molecule has 0 amide bonds. The minimum absolute atomic E-state index is 0.140. The highest BCUT2D eigenvalue weighted by molar-refractivity contribution is 6.34. The van der Waals surface area contributed by atoms with E-state index in [-0.39, 0.29) is 11.6 Å². The van der Waals surface area contributed by atoms with Crippen LogP contribution in [0.3, 0.4) is 0 Å². The second kappa shape index (κ2) is 8.76. The van der Waals surface area contributed by atoms with Gasteiger partial charge in [0.1, 0.15) is 5.76 Å². The lowest BCUT2D eigenvalue weighted by molar-refractivity contribution is 0.0980. The minimum atomic E-state index is -0.158. The molecule has 7 nitrogen and oxygen atoms in total. The van der Waals surface area contributed by atoms with Gasteiger partial charge in [-0.15, -0.1) is 0 Å². The Hall–Kier alpha value is -3.16. The summed E-state index contributed by atoms with van der Waals surface area (Å²) in [6.45, 7) is 4.69. The highest BCUT2D eigenvalue weighted by Crippen LogP contribution is 2.44. The summed E-state index contributed by atoms with van der Waals surface area (Å²) in [5.41, 5.74) is 3.56. The zero-order valence-electron chi connectivity index (χ0n) is 19.3. The lowest BCUT2D eigenvalue weighted by Crippen LogP contribution is -2.27. The molecule has 1 aliphatic carbocycles. The third-order valence-electron chi connectivity index (χ3n) is 5.69. The molecule has 0 radical (unpaired) electrons. The van der Waals surface area contributed by atoms with Crippen molar-refractivity contribution < 1.29 is 14.0 Å². The molecule has 4 rings (SSSR count). The van der Waals surface area contributed by atoms with Crippen LogP contribution in [0.1, 0.15) is 37.6 Å². The summed E-state index contributed by atoms with van der Waals surface area (Å²) in [7, 11) is 7.98. The quantitative estimate of drug-likeness (QED) is 0.411. The van der Waals surface area contributed by atoms with E-state index in [1.54, 1.807) is 24.3 Å². The van der Waals surface area contributed by atoms with Gasteiger partial charge in [-0.3, -0.25) is 9.59 Å². The Morgan fingerprint density at radius 3 is 1.84 bits per heavy atom. The van der Waals surface area contributed by atoms with Gasteiger partial charge in [-0.2, -0.15) is 0 Å². The van der Waals surface area contributed by atoms with Gasteiger partial charge in [0.05, 0.1) is 22.5 Å². The van der Waals surface area contributed by atoms with Gasteiger partial charge in [-0.1, -0.05) is 24.3 Å². The van der Waals surface area contributed by atoms with Gasteiger partial charge >= 0.3 is 0 Å². The molecule has 1 heterocycles. The van der Waals surface area contributed by atoms with Gasteiger partial charge in [-0.25, -0.2) is 0 Å². The Kier molecular flexibility index (Phi) is 6.04. The molecule has 2 N–H and O–H groups in total. The molecule has 0 atom stereocenters. The minimum Gasteiger partial charge on any atom is -0.459 e. The number of nitrogens with zero attached hydrogens (tertiary/aromatic N) is 2. The molecule has 168 valence electrons. The zero-order chi connectivity index (χ0) is 23.0. The van der Waals surface area contributed by atoms with Crippen LogP contribution in [0.15, 0.2) is 34.7 Å². The standard InChI is InChI=1S/C25H30N4O3/c1-15-14-18-21(26-10-12-28(2)3)19-20(22(25(18)32-15)27-11-13-29(4)5)24(31)17-9-7-6-8-16(17)23(19)30/h6-9,14,26-27H,10-13H2,1-5H3. The van der Waals surface area contributed by atoms with Crippen molar-refractivity contribution in [2.45, 2.75) is 6.92 Å². The van der Waals surface area contributed by atoms with Crippen molar-refractivity contribution in [2.24, 2.45) is 0 Å². The Labute approximate surface area is 188 Å². The van der Waals surface area contributed by atoms with E-state index in [2.05, 4.69) is 20.4 Å². The Morgan fingerprint density at radius 2 is 1.31 bits per heavy atom. The highest BCUT2D eigenvalue weighted by atomic mass is 16.3. The summed E-state index contributed by atoms with van der Waals surface area (Å²) in [6, 6.07) is 8.97. The van der Waals surface area contributed by atoms with E-state index in [0.29, 0.717) is 52.3 Å². The van der Waals surface area contributed by atoms with Crippen molar-refractivity contribution in [1.29, 1.82) is 0 Å². The molecule has 2 aromatic carbocycles. The third-order valence-corrected chi connectivity index (χ3v) is 5.69. The lowest BCUT2D eigenvalue weighted by atomic mass is 9.81. The number of aryl methyl sites for hydroxylation is 1. The maximum Gasteiger partial charge on any atom is 0.196 e. The van der Waals surface area contributed by atoms with Crippen molar-refractivity contribution in [3.05, 3.63) is 58.3 Å². The van der Waals surface area contributed by atoms with Crippen LogP contribution in [0.2, 0.25) is 0 Å². The number of hydrogen-bond donors (Lipinski definition) is 2. The molecular formula is C25H30N4O3. The van der Waals surface area contributed by atoms with Crippen LogP contribution in [0.25, 0.3) is 11.0 Å². The van der Waals surface area contributed by atoms with E-state index < -0.39 is 0 Å². The summed E-state index contributed by atoms with van der Waals surface area (Å²) < 4.78 is 6.07. The first-order valence-electron chi connectivity index (χ1n) is 10.8. The predicted octanol–water partition coefficient (Wildman–Crippen LogP) is 3.46. The number of anilines is 2. The van der Waals surface area contributed by atoms with Crippen molar-refractivity contribution in [3.8, 4) is 0 Å². The molecule has 3 aromatic rings. The third kappa shape index (κ3) is 3.89. The van der Waals surface area contributed by atoms with Crippen LogP contribution in [0, 0.1) is 6.92 Å². The number of ketones is 2. The highest BCUT2D eigenvalue weighted by Gasteiger charge is 2.36. The van der Waals surface area contributed by atoms with Gasteiger partial charge in [0.25, 0.3) is 0 Å². The van der Waals surface area contributed by atoms with Crippen LogP contribution in [-0.2, 0) is 0 Å². The molecule has 0 spiro atoms. The fourth-order valence-corrected chi connectivity index (χ4v) is 4.15. The first-order chi connectivity index (χ1) is 15.3. The Balaban J connectivity index is 1.95. The number of hydrogen-bond acceptors (Lipinski definition) is 7. The number of likely N-dealkylation sites (N-methyl/N-ethyl adjacent to an activating group) is 2. The average molecular weight is 435 g/mol. The average Bonchev–Trinajstić information content (AvgIpc) is 3.13. The molecular weight excluding hydrogens is 404 g/mol. The molecule has 0 bridgehead atoms. The largest absolute Gasteiger partial charge is 0.459 e. The van der Waals surface area contributed by atoms with Crippen molar-refractivity contribution in [3.63, 3.8) is 0 Å². The Bertz CT molecular complexity index is 1100. The molecule has 7 heteroatoms. The monoisotopic (exact) mass is 434 g/mol. The van der Waals surface area contributed by atoms with Crippen LogP contribution >= 0.6 is 0 Å². The number of furan rings is 1. The van der Waals surface area contributed by atoms with E-state index in [0.717, 1.165) is 24.2 Å². The first kappa shape index (κ1) is 22.0. The fourth-order valence-electron chi connectivity index (χ4n) is 4.15. The summed E-state index contributed by atoms with van der Waals surface area (Å²) in [5.74, 6) is 0.430. The molecule has 0 unspecified atom stereocenters. The van der Waals surface area contributed by atoms with Crippen molar-refractivity contribution in [2.75, 3.05) is 65.0 Å². The topological polar surface area (TPSA) is 77.8 Å². The van der Waals surface area contributed by atoms with E-state index in [1.807, 2.05) is 41.2 Å². The van der Waals surface area contributed by atoms with Crippen molar-refractivity contribution >= 4 is 33.9 Å². The lowest BCUT2D eigenvalue weighted by Gasteiger charge is -2.25. The molecule has 0 saturated heterocycles. The second-order valence-electron chi connectivity index (χ2n) is 8.76. The molecule has 32 heavy (non-hydrogen) atoms.